The van der Waals surface area contributed by atoms with E-state index in [2.05, 4.69) is 4.98 Å². The van der Waals surface area contributed by atoms with E-state index in [1.807, 2.05) is 5.32 Å². The van der Waals surface area contributed by atoms with Gasteiger partial charge in [0, 0.05) is 29.0 Å². The highest BCUT2D eigenvalue weighted by atomic mass is 35.5. The van der Waals surface area contributed by atoms with Crippen molar-refractivity contribution in [3.63, 3.8) is 0 Å². The first-order valence-electron chi connectivity index (χ1n) is 12.5. The second kappa shape index (κ2) is 11.6. The Kier molecular flexibility index (Phi) is 8.60. The molecule has 2 aromatic rings. The number of nitrogen functional groups attached to an aromatic ring is 1. The lowest BCUT2D eigenvalue weighted by atomic mass is 9.81. The van der Waals surface area contributed by atoms with Crippen LogP contribution in [0.15, 0.2) is 36.5 Å². The van der Waals surface area contributed by atoms with Gasteiger partial charge in [0.1, 0.15) is 17.9 Å². The van der Waals surface area contributed by atoms with Crippen LogP contribution in [-0.4, -0.2) is 53.0 Å². The number of anilines is 2. The number of hydrogen-bond donors (Lipinski definition) is 2. The Bertz CT molecular complexity index is 1240. The average molecular weight is 586 g/mol. The lowest BCUT2D eigenvalue weighted by Crippen LogP contribution is -2.71. The first-order valence-corrected chi connectivity index (χ1v) is 13.3. The van der Waals surface area contributed by atoms with Crippen molar-refractivity contribution in [2.24, 2.45) is 11.8 Å². The summed E-state index contributed by atoms with van der Waals surface area (Å²) in [6.07, 6.45) is -0.544. The number of benzene rings is 1. The highest BCUT2D eigenvalue weighted by molar-refractivity contribution is 6.35. The number of carbonyl (C=O) groups is 3. The largest absolute Gasteiger partial charge is 0.408 e. The van der Waals surface area contributed by atoms with Gasteiger partial charge in [0.2, 0.25) is 5.91 Å². The van der Waals surface area contributed by atoms with Gasteiger partial charge in [0.05, 0.1) is 5.92 Å². The van der Waals surface area contributed by atoms with Crippen molar-refractivity contribution >= 4 is 52.6 Å². The SMILES string of the molecule is CN(C(=O)C1[C@@H](Cc2ccnc(N)c2)C(=O)N1C(=O)NC(C1CCCCC1)C(F)(F)F)c1cc(Cl)cc(Cl)c1. The predicted octanol–water partition coefficient (Wildman–Crippen LogP) is 5.22. The van der Waals surface area contributed by atoms with Gasteiger partial charge in [-0.25, -0.2) is 9.78 Å². The number of rotatable bonds is 6. The molecule has 1 saturated carbocycles. The molecule has 2 unspecified atom stereocenters. The summed E-state index contributed by atoms with van der Waals surface area (Å²) in [4.78, 5) is 45.8. The summed E-state index contributed by atoms with van der Waals surface area (Å²) in [5.74, 6) is -3.07. The molecule has 0 bridgehead atoms. The molecule has 2 heterocycles. The van der Waals surface area contributed by atoms with Crippen molar-refractivity contribution in [2.75, 3.05) is 17.7 Å². The van der Waals surface area contributed by atoms with Crippen LogP contribution in [0.5, 0.6) is 0 Å². The molecule has 39 heavy (non-hydrogen) atoms. The molecule has 4 rings (SSSR count). The summed E-state index contributed by atoms with van der Waals surface area (Å²) in [5, 5.41) is 2.53. The zero-order valence-electron chi connectivity index (χ0n) is 21.0. The van der Waals surface area contributed by atoms with Gasteiger partial charge in [-0.3, -0.25) is 14.5 Å². The van der Waals surface area contributed by atoms with Crippen molar-refractivity contribution in [1.82, 2.24) is 15.2 Å². The number of likely N-dealkylation sites (N-methyl/N-ethyl adjacent to an activating group) is 1. The Balaban J connectivity index is 1.62. The van der Waals surface area contributed by atoms with E-state index in [1.165, 1.54) is 42.4 Å². The summed E-state index contributed by atoms with van der Waals surface area (Å²) in [6.45, 7) is 0. The number of nitrogens with zero attached hydrogens (tertiary/aromatic N) is 3. The summed E-state index contributed by atoms with van der Waals surface area (Å²) in [6, 6.07) is 2.80. The number of likely N-dealkylation sites (tertiary alicyclic amines) is 1. The molecule has 210 valence electrons. The van der Waals surface area contributed by atoms with E-state index in [1.54, 1.807) is 6.07 Å². The van der Waals surface area contributed by atoms with Gasteiger partial charge in [-0.05, 0) is 61.1 Å². The molecule has 1 aliphatic heterocycles. The zero-order chi connectivity index (χ0) is 28.5. The topological polar surface area (TPSA) is 109 Å². The molecule has 4 amide bonds. The molecule has 0 spiro atoms. The molecule has 3 atom stereocenters. The normalized spacial score (nSPS) is 20.8. The van der Waals surface area contributed by atoms with Gasteiger partial charge in [0.25, 0.3) is 5.91 Å². The van der Waals surface area contributed by atoms with Crippen LogP contribution >= 0.6 is 23.2 Å². The van der Waals surface area contributed by atoms with Gasteiger partial charge in [-0.2, -0.15) is 13.2 Å². The van der Waals surface area contributed by atoms with Gasteiger partial charge >= 0.3 is 12.2 Å². The molecule has 8 nitrogen and oxygen atoms in total. The fourth-order valence-electron chi connectivity index (χ4n) is 5.33. The number of urea groups is 1. The molecule has 2 aliphatic rings. The Labute approximate surface area is 233 Å². The molecule has 13 heteroatoms. The molecule has 1 aromatic heterocycles. The monoisotopic (exact) mass is 585 g/mol. The highest BCUT2D eigenvalue weighted by Gasteiger charge is 2.57. The standard InChI is InChI=1S/C26H28Cl2F3N5O3/c1-35(18-12-16(27)11-17(28)13-18)24(38)21-19(9-14-7-8-33-20(32)10-14)23(37)36(21)25(39)34-22(26(29,30)31)15-5-3-2-4-6-15/h7-8,10-13,15,19,21-22H,2-6,9H2,1H3,(H2,32,33)(H,34,39)/t19-,21?,22?/m1/s1. The first-order chi connectivity index (χ1) is 18.4. The van der Waals surface area contributed by atoms with E-state index in [9.17, 15) is 27.6 Å². The highest BCUT2D eigenvalue weighted by Crippen LogP contribution is 2.37. The number of nitrogens with one attached hydrogen (secondary N) is 1. The third-order valence-electron chi connectivity index (χ3n) is 7.30. The smallest absolute Gasteiger partial charge is 0.384 e. The Morgan fingerprint density at radius 3 is 2.38 bits per heavy atom. The van der Waals surface area contributed by atoms with Crippen LogP contribution in [0, 0.1) is 11.8 Å². The van der Waals surface area contributed by atoms with Crippen molar-refractivity contribution in [3.05, 3.63) is 52.1 Å². The maximum atomic E-state index is 14.0. The molecular formula is C26H28Cl2F3N5O3. The minimum atomic E-state index is -4.71. The second-order valence-electron chi connectivity index (χ2n) is 9.94. The Morgan fingerprint density at radius 2 is 1.79 bits per heavy atom. The van der Waals surface area contributed by atoms with Crippen molar-refractivity contribution in [1.29, 1.82) is 0 Å². The number of imide groups is 1. The van der Waals surface area contributed by atoms with Crippen LogP contribution in [0.3, 0.4) is 0 Å². The number of halogens is 5. The van der Waals surface area contributed by atoms with E-state index in [4.69, 9.17) is 28.9 Å². The van der Waals surface area contributed by atoms with E-state index in [0.29, 0.717) is 41.8 Å². The number of β-lactam (4-membered cyclic amide) rings is 1. The van der Waals surface area contributed by atoms with Crippen LogP contribution in [0.25, 0.3) is 0 Å². The van der Waals surface area contributed by atoms with Gasteiger partial charge in [-0.15, -0.1) is 0 Å². The van der Waals surface area contributed by atoms with E-state index >= 15 is 0 Å². The minimum absolute atomic E-state index is 0.0290. The van der Waals surface area contributed by atoms with E-state index < -0.39 is 47.9 Å². The first kappa shape index (κ1) is 28.9. The number of amides is 4. The number of hydrogen-bond acceptors (Lipinski definition) is 5. The number of aromatic nitrogens is 1. The predicted molar refractivity (Wildman–Crippen MR) is 141 cm³/mol. The van der Waals surface area contributed by atoms with Crippen LogP contribution in [0.2, 0.25) is 10.0 Å². The second-order valence-corrected chi connectivity index (χ2v) is 10.8. The third kappa shape index (κ3) is 6.41. The molecule has 1 aliphatic carbocycles. The summed E-state index contributed by atoms with van der Waals surface area (Å²) in [7, 11) is 1.41. The maximum Gasteiger partial charge on any atom is 0.408 e. The molecule has 2 fully saturated rings. The number of pyridine rings is 1. The van der Waals surface area contributed by atoms with Crippen LogP contribution in [0.4, 0.5) is 29.5 Å². The fraction of sp³-hybridized carbons (Fsp3) is 0.462. The van der Waals surface area contributed by atoms with Gasteiger partial charge in [0.15, 0.2) is 0 Å². The van der Waals surface area contributed by atoms with E-state index in [0.717, 1.165) is 6.42 Å². The average Bonchev–Trinajstić information content (AvgIpc) is 2.87. The molecule has 1 aromatic carbocycles. The number of alkyl halides is 3. The molecule has 0 radical (unpaired) electrons. The van der Waals surface area contributed by atoms with Crippen LogP contribution < -0.4 is 16.0 Å². The number of nitrogens with two attached hydrogens (primary N) is 1. The van der Waals surface area contributed by atoms with Crippen LogP contribution in [0.1, 0.15) is 37.7 Å². The molecule has 1 saturated heterocycles. The fourth-order valence-corrected chi connectivity index (χ4v) is 5.84. The minimum Gasteiger partial charge on any atom is -0.384 e. The number of carbonyl (C=O) groups excluding carboxylic acids is 3. The summed E-state index contributed by atoms with van der Waals surface area (Å²) < 4.78 is 42.0. The van der Waals surface area contributed by atoms with Gasteiger partial charge < -0.3 is 16.0 Å². The Morgan fingerprint density at radius 1 is 1.15 bits per heavy atom. The van der Waals surface area contributed by atoms with Crippen molar-refractivity contribution in [2.45, 2.75) is 56.8 Å². The van der Waals surface area contributed by atoms with Crippen molar-refractivity contribution < 1.29 is 27.6 Å². The third-order valence-corrected chi connectivity index (χ3v) is 7.74. The lowest BCUT2D eigenvalue weighted by Gasteiger charge is -2.46. The van der Waals surface area contributed by atoms with E-state index in [-0.39, 0.29) is 22.3 Å². The summed E-state index contributed by atoms with van der Waals surface area (Å²) >= 11 is 12.2. The zero-order valence-corrected chi connectivity index (χ0v) is 22.6. The molecular weight excluding hydrogens is 558 g/mol. The quantitative estimate of drug-likeness (QED) is 0.451. The van der Waals surface area contributed by atoms with Crippen molar-refractivity contribution in [3.8, 4) is 0 Å². The Hall–Kier alpha value is -3.05. The molecule has 3 N–H and O–H groups in total. The lowest BCUT2D eigenvalue weighted by molar-refractivity contribution is -0.170. The maximum absolute atomic E-state index is 14.0. The van der Waals surface area contributed by atoms with Gasteiger partial charge in [-0.1, -0.05) is 42.5 Å². The summed E-state index contributed by atoms with van der Waals surface area (Å²) in [5.41, 5.74) is 6.62. The van der Waals surface area contributed by atoms with Crippen LogP contribution in [-0.2, 0) is 16.0 Å².